The monoisotopic (exact) mass is 454 g/mol. The lowest BCUT2D eigenvalue weighted by Gasteiger charge is -2.11. The van der Waals surface area contributed by atoms with Gasteiger partial charge in [-0.15, -0.1) is 0 Å². The molecule has 0 spiro atoms. The van der Waals surface area contributed by atoms with Gasteiger partial charge in [-0.25, -0.2) is 0 Å². The van der Waals surface area contributed by atoms with Crippen molar-refractivity contribution in [3.63, 3.8) is 0 Å². The average molecular weight is 455 g/mol. The van der Waals surface area contributed by atoms with E-state index in [2.05, 4.69) is 26.8 Å². The fourth-order valence-corrected chi connectivity index (χ4v) is 3.25. The molecule has 0 unspecified atom stereocenters. The molecule has 0 atom stereocenters. The average Bonchev–Trinajstić information content (AvgIpc) is 2.76. The molecule has 3 rings (SSSR count). The number of hydrogen-bond donors (Lipinski definition) is 2. The number of hydrogen-bond acceptors (Lipinski definition) is 4. The number of para-hydroxylation sites is 1. The molecule has 6 nitrogen and oxygen atoms in total. The topological polar surface area (TPSA) is 76.7 Å². The number of fused-ring (bicyclic) bond motifs is 1. The van der Waals surface area contributed by atoms with Gasteiger partial charge >= 0.3 is 0 Å². The van der Waals surface area contributed by atoms with Crippen LogP contribution in [-0.2, 0) is 9.59 Å². The van der Waals surface area contributed by atoms with Crippen molar-refractivity contribution in [3.05, 3.63) is 76.8 Å². The third kappa shape index (κ3) is 5.36. The van der Waals surface area contributed by atoms with Crippen molar-refractivity contribution >= 4 is 44.6 Å². The highest BCUT2D eigenvalue weighted by atomic mass is 79.9. The standard InChI is InChI=1S/C22H19BrN2O4/c1-28-18-9-5-3-7-16(18)11-13-20(26)24-25-21(27)14-29-19-12-10-15-6-2-4-8-17(15)22(19)23/h2-13H,14H2,1H3,(H,24,26)(H,25,27). The van der Waals surface area contributed by atoms with Crippen molar-refractivity contribution in [2.45, 2.75) is 0 Å². The summed E-state index contributed by atoms with van der Waals surface area (Å²) < 4.78 is 11.5. The van der Waals surface area contributed by atoms with Gasteiger partial charge in [-0.2, -0.15) is 0 Å². The van der Waals surface area contributed by atoms with Gasteiger partial charge in [0.25, 0.3) is 11.8 Å². The number of carbonyl (C=O) groups excluding carboxylic acids is 2. The number of carbonyl (C=O) groups is 2. The highest BCUT2D eigenvalue weighted by Gasteiger charge is 2.09. The Balaban J connectivity index is 1.50. The van der Waals surface area contributed by atoms with Crippen molar-refractivity contribution in [1.82, 2.24) is 10.9 Å². The zero-order chi connectivity index (χ0) is 20.6. The van der Waals surface area contributed by atoms with E-state index in [1.165, 1.54) is 6.08 Å². The van der Waals surface area contributed by atoms with Crippen LogP contribution in [0.2, 0.25) is 0 Å². The number of nitrogens with one attached hydrogen (secondary N) is 2. The van der Waals surface area contributed by atoms with Crippen molar-refractivity contribution in [2.75, 3.05) is 13.7 Å². The van der Waals surface area contributed by atoms with Crippen LogP contribution in [0.4, 0.5) is 0 Å². The minimum Gasteiger partial charge on any atom is -0.496 e. The van der Waals surface area contributed by atoms with Crippen molar-refractivity contribution in [1.29, 1.82) is 0 Å². The van der Waals surface area contributed by atoms with E-state index in [0.717, 1.165) is 20.8 Å². The van der Waals surface area contributed by atoms with Gasteiger partial charge in [0.2, 0.25) is 0 Å². The zero-order valence-electron chi connectivity index (χ0n) is 15.6. The van der Waals surface area contributed by atoms with Gasteiger partial charge in [-0.1, -0.05) is 48.5 Å². The summed E-state index contributed by atoms with van der Waals surface area (Å²) in [7, 11) is 1.56. The van der Waals surface area contributed by atoms with Crippen molar-refractivity contribution in [2.24, 2.45) is 0 Å². The highest BCUT2D eigenvalue weighted by Crippen LogP contribution is 2.32. The van der Waals surface area contributed by atoms with Crippen LogP contribution in [0.25, 0.3) is 16.8 Å². The minimum atomic E-state index is -0.482. The molecule has 148 valence electrons. The third-order valence-corrected chi connectivity index (χ3v) is 4.88. The molecule has 0 bridgehead atoms. The van der Waals surface area contributed by atoms with E-state index in [9.17, 15) is 9.59 Å². The van der Waals surface area contributed by atoms with Crippen molar-refractivity contribution < 1.29 is 19.1 Å². The molecule has 0 aromatic heterocycles. The summed E-state index contributed by atoms with van der Waals surface area (Å²) in [4.78, 5) is 23.9. The van der Waals surface area contributed by atoms with Crippen LogP contribution in [0.1, 0.15) is 5.56 Å². The second-order valence-corrected chi connectivity index (χ2v) is 6.79. The normalized spacial score (nSPS) is 10.7. The quantitative estimate of drug-likeness (QED) is 0.438. The lowest BCUT2D eigenvalue weighted by Crippen LogP contribution is -2.43. The Morgan fingerprint density at radius 2 is 1.72 bits per heavy atom. The smallest absolute Gasteiger partial charge is 0.276 e. The Bertz CT molecular complexity index is 1070. The van der Waals surface area contributed by atoms with Crippen LogP contribution in [0.3, 0.4) is 0 Å². The first kappa shape index (κ1) is 20.4. The summed E-state index contributed by atoms with van der Waals surface area (Å²) in [5.41, 5.74) is 5.38. The van der Waals surface area contributed by atoms with Gasteiger partial charge in [-0.3, -0.25) is 20.4 Å². The molecule has 0 saturated heterocycles. The Labute approximate surface area is 176 Å². The molecule has 3 aromatic rings. The Kier molecular flexibility index (Phi) is 6.86. The number of amides is 2. The van der Waals surface area contributed by atoms with Gasteiger partial charge in [0, 0.05) is 11.6 Å². The molecule has 2 N–H and O–H groups in total. The van der Waals surface area contributed by atoms with Gasteiger partial charge in [0.1, 0.15) is 11.5 Å². The van der Waals surface area contributed by atoms with Crippen LogP contribution in [0.15, 0.2) is 71.2 Å². The number of hydrazine groups is 1. The van der Waals surface area contributed by atoms with E-state index < -0.39 is 11.8 Å². The minimum absolute atomic E-state index is 0.243. The van der Waals surface area contributed by atoms with Gasteiger partial charge < -0.3 is 9.47 Å². The number of rotatable bonds is 6. The molecule has 2 amide bonds. The van der Waals surface area contributed by atoms with E-state index in [0.29, 0.717) is 11.5 Å². The third-order valence-electron chi connectivity index (χ3n) is 4.06. The number of ether oxygens (including phenoxy) is 2. The van der Waals surface area contributed by atoms with E-state index in [4.69, 9.17) is 9.47 Å². The maximum absolute atomic E-state index is 12.0. The summed E-state index contributed by atoms with van der Waals surface area (Å²) in [5.74, 6) is 0.233. The lowest BCUT2D eigenvalue weighted by molar-refractivity contribution is -0.128. The maximum Gasteiger partial charge on any atom is 0.276 e. The first-order valence-corrected chi connectivity index (χ1v) is 9.58. The SMILES string of the molecule is COc1ccccc1C=CC(=O)NNC(=O)COc1ccc2ccccc2c1Br. The summed E-state index contributed by atoms with van der Waals surface area (Å²) in [6, 6.07) is 18.8. The number of methoxy groups -OCH3 is 1. The second-order valence-electron chi connectivity index (χ2n) is 6.00. The van der Waals surface area contributed by atoms with Crippen LogP contribution >= 0.6 is 15.9 Å². The molecule has 0 aliphatic carbocycles. The summed E-state index contributed by atoms with van der Waals surface area (Å²) in [5, 5.41) is 2.05. The molecular weight excluding hydrogens is 436 g/mol. The molecule has 7 heteroatoms. The summed E-state index contributed by atoms with van der Waals surface area (Å²) in [6.07, 6.45) is 2.90. The number of benzene rings is 3. The van der Waals surface area contributed by atoms with Crippen LogP contribution in [0, 0.1) is 0 Å². The Morgan fingerprint density at radius 1 is 0.966 bits per heavy atom. The maximum atomic E-state index is 12.0. The molecule has 0 radical (unpaired) electrons. The summed E-state index contributed by atoms with van der Waals surface area (Å²) in [6.45, 7) is -0.243. The van der Waals surface area contributed by atoms with Gasteiger partial charge in [0.05, 0.1) is 11.6 Å². The lowest BCUT2D eigenvalue weighted by atomic mass is 10.1. The van der Waals surface area contributed by atoms with Crippen LogP contribution in [0.5, 0.6) is 11.5 Å². The molecule has 0 aliphatic heterocycles. The van der Waals surface area contributed by atoms with Gasteiger partial charge in [0.15, 0.2) is 6.61 Å². The highest BCUT2D eigenvalue weighted by molar-refractivity contribution is 9.10. The molecule has 3 aromatic carbocycles. The zero-order valence-corrected chi connectivity index (χ0v) is 17.2. The predicted octanol–water partition coefficient (Wildman–Crippen LogP) is 3.85. The van der Waals surface area contributed by atoms with E-state index in [1.807, 2.05) is 48.5 Å². The molecule has 29 heavy (non-hydrogen) atoms. The predicted molar refractivity (Wildman–Crippen MR) is 115 cm³/mol. The summed E-state index contributed by atoms with van der Waals surface area (Å²) >= 11 is 3.50. The Hall–Kier alpha value is -3.32. The van der Waals surface area contributed by atoms with E-state index in [1.54, 1.807) is 25.3 Å². The molecule has 0 saturated carbocycles. The largest absolute Gasteiger partial charge is 0.496 e. The molecule has 0 heterocycles. The molecule has 0 aliphatic rings. The molecular formula is C22H19BrN2O4. The van der Waals surface area contributed by atoms with Crippen molar-refractivity contribution in [3.8, 4) is 11.5 Å². The number of halogens is 1. The van der Waals surface area contributed by atoms with E-state index >= 15 is 0 Å². The van der Waals surface area contributed by atoms with Gasteiger partial charge in [-0.05, 0) is 44.9 Å². The van der Waals surface area contributed by atoms with E-state index in [-0.39, 0.29) is 6.61 Å². The Morgan fingerprint density at radius 3 is 2.55 bits per heavy atom. The first-order chi connectivity index (χ1) is 14.1. The fraction of sp³-hybridized carbons (Fsp3) is 0.0909. The van der Waals surface area contributed by atoms with Crippen LogP contribution in [-0.4, -0.2) is 25.5 Å². The fourth-order valence-electron chi connectivity index (χ4n) is 2.65. The molecule has 0 fully saturated rings. The second kappa shape index (κ2) is 9.75. The van der Waals surface area contributed by atoms with Crippen LogP contribution < -0.4 is 20.3 Å². The first-order valence-electron chi connectivity index (χ1n) is 8.78.